The average molecular weight is 269 g/mol. The standard InChI is InChI=1S/C17H23N3/c1-13-6-5-7-15(10-13)11-18-17-19-14(2)12-20(17)16-8-3-4-9-16/h5-7,10,12,16H,3-4,8-9,11H2,1-2H3,(H,18,19). The molecule has 0 bridgehead atoms. The maximum atomic E-state index is 4.64. The number of hydrogen-bond acceptors (Lipinski definition) is 2. The normalized spacial score (nSPS) is 15.7. The molecule has 1 aliphatic rings. The summed E-state index contributed by atoms with van der Waals surface area (Å²) in [6, 6.07) is 9.27. The first kappa shape index (κ1) is 13.2. The summed E-state index contributed by atoms with van der Waals surface area (Å²) in [6.45, 7) is 5.04. The third-order valence-electron chi connectivity index (χ3n) is 4.10. The number of imidazole rings is 1. The molecular formula is C17H23N3. The number of hydrogen-bond donors (Lipinski definition) is 1. The number of nitrogens with one attached hydrogen (secondary N) is 1. The van der Waals surface area contributed by atoms with Crippen LogP contribution in [0, 0.1) is 13.8 Å². The molecule has 1 aromatic heterocycles. The Morgan fingerprint density at radius 2 is 2.05 bits per heavy atom. The Bertz CT molecular complexity index is 580. The minimum absolute atomic E-state index is 0.635. The van der Waals surface area contributed by atoms with E-state index in [1.165, 1.54) is 36.8 Å². The predicted molar refractivity (Wildman–Crippen MR) is 83.0 cm³/mol. The number of aromatic nitrogens is 2. The summed E-state index contributed by atoms with van der Waals surface area (Å²) in [7, 11) is 0. The fourth-order valence-corrected chi connectivity index (χ4v) is 3.11. The van der Waals surface area contributed by atoms with Crippen LogP contribution in [0.5, 0.6) is 0 Å². The molecular weight excluding hydrogens is 246 g/mol. The lowest BCUT2D eigenvalue weighted by atomic mass is 10.1. The highest BCUT2D eigenvalue weighted by atomic mass is 15.2. The molecule has 0 radical (unpaired) electrons. The number of nitrogens with zero attached hydrogens (tertiary/aromatic N) is 2. The van der Waals surface area contributed by atoms with Crippen molar-refractivity contribution in [3.63, 3.8) is 0 Å². The van der Waals surface area contributed by atoms with Crippen LogP contribution >= 0.6 is 0 Å². The van der Waals surface area contributed by atoms with Gasteiger partial charge in [-0.3, -0.25) is 0 Å². The van der Waals surface area contributed by atoms with Crippen molar-refractivity contribution in [1.82, 2.24) is 9.55 Å². The first-order valence-corrected chi connectivity index (χ1v) is 7.57. The van der Waals surface area contributed by atoms with Crippen LogP contribution < -0.4 is 5.32 Å². The van der Waals surface area contributed by atoms with Gasteiger partial charge in [0.25, 0.3) is 0 Å². The van der Waals surface area contributed by atoms with E-state index in [0.29, 0.717) is 6.04 Å². The Labute approximate surface area is 121 Å². The maximum absolute atomic E-state index is 4.64. The Morgan fingerprint density at radius 3 is 2.80 bits per heavy atom. The summed E-state index contributed by atoms with van der Waals surface area (Å²) in [5.41, 5.74) is 3.71. The van der Waals surface area contributed by atoms with Gasteiger partial charge in [-0.25, -0.2) is 4.98 Å². The predicted octanol–water partition coefficient (Wildman–Crippen LogP) is 4.23. The third-order valence-corrected chi connectivity index (χ3v) is 4.10. The van der Waals surface area contributed by atoms with Gasteiger partial charge in [0, 0.05) is 18.8 Å². The molecule has 2 aromatic rings. The molecule has 0 unspecified atom stereocenters. The molecule has 106 valence electrons. The molecule has 0 amide bonds. The lowest BCUT2D eigenvalue weighted by Crippen LogP contribution is -2.10. The molecule has 1 aliphatic carbocycles. The topological polar surface area (TPSA) is 29.9 Å². The fourth-order valence-electron chi connectivity index (χ4n) is 3.11. The molecule has 1 aromatic carbocycles. The minimum Gasteiger partial charge on any atom is -0.352 e. The van der Waals surface area contributed by atoms with Crippen molar-refractivity contribution >= 4 is 5.95 Å². The summed E-state index contributed by atoms with van der Waals surface area (Å²) < 4.78 is 2.35. The van der Waals surface area contributed by atoms with Crippen LogP contribution in [0.15, 0.2) is 30.5 Å². The van der Waals surface area contributed by atoms with Gasteiger partial charge in [0.15, 0.2) is 0 Å². The van der Waals surface area contributed by atoms with E-state index in [0.717, 1.165) is 18.2 Å². The lowest BCUT2D eigenvalue weighted by molar-refractivity contribution is 0.522. The van der Waals surface area contributed by atoms with Crippen molar-refractivity contribution in [3.05, 3.63) is 47.3 Å². The van der Waals surface area contributed by atoms with Crippen molar-refractivity contribution in [3.8, 4) is 0 Å². The van der Waals surface area contributed by atoms with E-state index in [1.54, 1.807) is 0 Å². The molecule has 0 aliphatic heterocycles. The molecule has 1 heterocycles. The molecule has 3 rings (SSSR count). The average Bonchev–Trinajstić information content (AvgIpc) is 3.05. The quantitative estimate of drug-likeness (QED) is 0.900. The van der Waals surface area contributed by atoms with E-state index in [4.69, 9.17) is 0 Å². The first-order valence-electron chi connectivity index (χ1n) is 7.57. The van der Waals surface area contributed by atoms with E-state index in [2.05, 4.69) is 59.2 Å². The zero-order valence-corrected chi connectivity index (χ0v) is 12.4. The second-order valence-corrected chi connectivity index (χ2v) is 5.89. The summed E-state index contributed by atoms with van der Waals surface area (Å²) in [5.74, 6) is 1.02. The van der Waals surface area contributed by atoms with E-state index in [-0.39, 0.29) is 0 Å². The minimum atomic E-state index is 0.635. The number of benzene rings is 1. The number of rotatable bonds is 4. The SMILES string of the molecule is Cc1cccc(CNc2nc(C)cn2C2CCCC2)c1. The van der Waals surface area contributed by atoms with Gasteiger partial charge in [-0.15, -0.1) is 0 Å². The third kappa shape index (κ3) is 2.87. The molecule has 1 saturated carbocycles. The summed E-state index contributed by atoms with van der Waals surface area (Å²) >= 11 is 0. The van der Waals surface area contributed by atoms with Crippen molar-refractivity contribution in [2.75, 3.05) is 5.32 Å². The fraction of sp³-hybridized carbons (Fsp3) is 0.471. The van der Waals surface area contributed by atoms with Crippen LogP contribution in [0.3, 0.4) is 0 Å². The van der Waals surface area contributed by atoms with Crippen molar-refractivity contribution in [2.45, 2.75) is 52.1 Å². The van der Waals surface area contributed by atoms with E-state index >= 15 is 0 Å². The highest BCUT2D eigenvalue weighted by Gasteiger charge is 2.19. The molecule has 0 atom stereocenters. The number of aryl methyl sites for hydroxylation is 2. The van der Waals surface area contributed by atoms with Crippen LogP contribution in [0.2, 0.25) is 0 Å². The Hall–Kier alpha value is -1.77. The molecule has 3 heteroatoms. The van der Waals surface area contributed by atoms with Crippen LogP contribution in [-0.4, -0.2) is 9.55 Å². The smallest absolute Gasteiger partial charge is 0.203 e. The molecule has 1 N–H and O–H groups in total. The summed E-state index contributed by atoms with van der Waals surface area (Å²) in [6.07, 6.45) is 7.46. The van der Waals surface area contributed by atoms with Crippen LogP contribution in [0.25, 0.3) is 0 Å². The van der Waals surface area contributed by atoms with Gasteiger partial charge in [0.2, 0.25) is 5.95 Å². The van der Waals surface area contributed by atoms with Gasteiger partial charge in [-0.05, 0) is 32.3 Å². The summed E-state index contributed by atoms with van der Waals surface area (Å²) in [4.78, 5) is 4.64. The molecule has 0 spiro atoms. The highest BCUT2D eigenvalue weighted by Crippen LogP contribution is 2.32. The second-order valence-electron chi connectivity index (χ2n) is 5.89. The van der Waals surface area contributed by atoms with Gasteiger partial charge in [0.05, 0.1) is 5.69 Å². The number of anilines is 1. The van der Waals surface area contributed by atoms with Crippen molar-refractivity contribution < 1.29 is 0 Å². The first-order chi connectivity index (χ1) is 9.72. The maximum Gasteiger partial charge on any atom is 0.203 e. The lowest BCUT2D eigenvalue weighted by Gasteiger charge is -2.15. The van der Waals surface area contributed by atoms with Gasteiger partial charge in [0.1, 0.15) is 0 Å². The Morgan fingerprint density at radius 1 is 1.25 bits per heavy atom. The van der Waals surface area contributed by atoms with Crippen LogP contribution in [-0.2, 0) is 6.54 Å². The summed E-state index contributed by atoms with van der Waals surface area (Å²) in [5, 5.41) is 3.51. The highest BCUT2D eigenvalue weighted by molar-refractivity contribution is 5.33. The zero-order chi connectivity index (χ0) is 13.9. The van der Waals surface area contributed by atoms with Gasteiger partial charge < -0.3 is 9.88 Å². The van der Waals surface area contributed by atoms with E-state index in [9.17, 15) is 0 Å². The van der Waals surface area contributed by atoms with Gasteiger partial charge in [-0.2, -0.15) is 0 Å². The van der Waals surface area contributed by atoms with Crippen LogP contribution in [0.4, 0.5) is 5.95 Å². The molecule has 1 fully saturated rings. The van der Waals surface area contributed by atoms with Crippen molar-refractivity contribution in [1.29, 1.82) is 0 Å². The van der Waals surface area contributed by atoms with E-state index in [1.807, 2.05) is 0 Å². The molecule has 3 nitrogen and oxygen atoms in total. The monoisotopic (exact) mass is 269 g/mol. The van der Waals surface area contributed by atoms with Crippen LogP contribution in [0.1, 0.15) is 48.5 Å². The van der Waals surface area contributed by atoms with Gasteiger partial charge >= 0.3 is 0 Å². The van der Waals surface area contributed by atoms with Gasteiger partial charge in [-0.1, -0.05) is 42.7 Å². The Kier molecular flexibility index (Phi) is 3.77. The van der Waals surface area contributed by atoms with Crippen molar-refractivity contribution in [2.24, 2.45) is 0 Å². The zero-order valence-electron chi connectivity index (χ0n) is 12.4. The van der Waals surface area contributed by atoms with E-state index < -0.39 is 0 Å². The molecule has 20 heavy (non-hydrogen) atoms. The molecule has 0 saturated heterocycles. The second kappa shape index (κ2) is 5.70. The largest absolute Gasteiger partial charge is 0.352 e. The Balaban J connectivity index is 1.73.